The Kier molecular flexibility index (Phi) is 7.05. The maximum absolute atomic E-state index is 5.67. The highest BCUT2D eigenvalue weighted by Crippen LogP contribution is 2.12. The van der Waals surface area contributed by atoms with Crippen LogP contribution in [0.3, 0.4) is 0 Å². The number of hydrogen-bond donors (Lipinski definition) is 1. The highest BCUT2D eigenvalue weighted by Gasteiger charge is 2.22. The molecule has 0 aliphatic carbocycles. The second kappa shape index (κ2) is 8.30. The Morgan fingerprint density at radius 1 is 1.26 bits per heavy atom. The third-order valence-corrected chi connectivity index (χ3v) is 3.08. The number of nitrogens with zero attached hydrogens (tertiary/aromatic N) is 2. The van der Waals surface area contributed by atoms with Gasteiger partial charge in [-0.05, 0) is 40.8 Å². The Labute approximate surface area is 116 Å². The summed E-state index contributed by atoms with van der Waals surface area (Å²) in [6.45, 7) is 10.3. The Hall–Kier alpha value is -0.910. The first-order valence-electron chi connectivity index (χ1n) is 7.09. The SMILES string of the molecule is CCOC(OCC)C(Cc1cc(C)nn1CC)NC. The van der Waals surface area contributed by atoms with Crippen LogP contribution in [0.1, 0.15) is 32.2 Å². The van der Waals surface area contributed by atoms with E-state index in [1.165, 1.54) is 5.69 Å². The summed E-state index contributed by atoms with van der Waals surface area (Å²) in [7, 11) is 1.94. The van der Waals surface area contributed by atoms with Crippen molar-refractivity contribution < 1.29 is 9.47 Å². The van der Waals surface area contributed by atoms with Gasteiger partial charge in [0.05, 0.1) is 11.7 Å². The number of aromatic nitrogens is 2. The monoisotopic (exact) mass is 269 g/mol. The molecule has 0 bridgehead atoms. The third kappa shape index (κ3) is 4.60. The van der Waals surface area contributed by atoms with Crippen molar-refractivity contribution in [3.8, 4) is 0 Å². The second-order valence-electron chi connectivity index (χ2n) is 4.47. The lowest BCUT2D eigenvalue weighted by atomic mass is 10.1. The molecule has 0 fully saturated rings. The standard InChI is InChI=1S/C14H27N3O2/c1-6-17-12(9-11(4)16-17)10-13(15-5)14(18-7-2)19-8-3/h9,13-15H,6-8,10H2,1-5H3. The van der Waals surface area contributed by atoms with Gasteiger partial charge in [-0.1, -0.05) is 0 Å². The summed E-state index contributed by atoms with van der Waals surface area (Å²) < 4.78 is 13.4. The molecule has 1 unspecified atom stereocenters. The molecule has 0 saturated heterocycles. The minimum absolute atomic E-state index is 0.126. The van der Waals surface area contributed by atoms with E-state index in [0.29, 0.717) is 13.2 Å². The summed E-state index contributed by atoms with van der Waals surface area (Å²) in [6.07, 6.45) is 0.621. The van der Waals surface area contributed by atoms with Crippen LogP contribution in [0.2, 0.25) is 0 Å². The summed E-state index contributed by atoms with van der Waals surface area (Å²) in [5.74, 6) is 0. The van der Waals surface area contributed by atoms with Crippen molar-refractivity contribution in [3.63, 3.8) is 0 Å². The zero-order valence-corrected chi connectivity index (χ0v) is 12.8. The minimum Gasteiger partial charge on any atom is -0.351 e. The lowest BCUT2D eigenvalue weighted by molar-refractivity contribution is -0.153. The average molecular weight is 269 g/mol. The lowest BCUT2D eigenvalue weighted by Gasteiger charge is -2.26. The molecule has 19 heavy (non-hydrogen) atoms. The van der Waals surface area contributed by atoms with Crippen molar-refractivity contribution in [1.29, 1.82) is 0 Å². The van der Waals surface area contributed by atoms with Crippen molar-refractivity contribution in [2.45, 2.75) is 53.0 Å². The molecule has 1 atom stereocenters. The van der Waals surface area contributed by atoms with Gasteiger partial charge in [0.15, 0.2) is 6.29 Å². The number of ether oxygens (including phenoxy) is 2. The Morgan fingerprint density at radius 3 is 2.37 bits per heavy atom. The van der Waals surface area contributed by atoms with Gasteiger partial charge in [0.1, 0.15) is 0 Å². The van der Waals surface area contributed by atoms with Crippen LogP contribution in [-0.2, 0) is 22.4 Å². The molecule has 1 N–H and O–H groups in total. The minimum atomic E-state index is -0.222. The Morgan fingerprint density at radius 2 is 1.89 bits per heavy atom. The van der Waals surface area contributed by atoms with E-state index < -0.39 is 0 Å². The van der Waals surface area contributed by atoms with E-state index in [-0.39, 0.29) is 12.3 Å². The number of likely N-dealkylation sites (N-methyl/N-ethyl adjacent to an activating group) is 1. The fourth-order valence-electron chi connectivity index (χ4n) is 2.21. The van der Waals surface area contributed by atoms with Crippen molar-refractivity contribution in [1.82, 2.24) is 15.1 Å². The quantitative estimate of drug-likeness (QED) is 0.694. The van der Waals surface area contributed by atoms with E-state index in [0.717, 1.165) is 18.7 Å². The average Bonchev–Trinajstić information content (AvgIpc) is 2.76. The predicted octanol–water partition coefficient (Wildman–Crippen LogP) is 1.74. The first kappa shape index (κ1) is 16.1. The molecule has 1 aromatic rings. The van der Waals surface area contributed by atoms with Gasteiger partial charge in [-0.2, -0.15) is 5.10 Å². The van der Waals surface area contributed by atoms with Gasteiger partial charge < -0.3 is 14.8 Å². The van der Waals surface area contributed by atoms with Gasteiger partial charge in [-0.15, -0.1) is 0 Å². The van der Waals surface area contributed by atoms with Crippen LogP contribution in [0.5, 0.6) is 0 Å². The van der Waals surface area contributed by atoms with E-state index in [9.17, 15) is 0 Å². The number of rotatable bonds is 9. The number of hydrogen-bond acceptors (Lipinski definition) is 4. The highest BCUT2D eigenvalue weighted by atomic mass is 16.7. The first-order chi connectivity index (χ1) is 9.15. The van der Waals surface area contributed by atoms with E-state index in [4.69, 9.17) is 9.47 Å². The van der Waals surface area contributed by atoms with Crippen LogP contribution in [-0.4, -0.2) is 42.4 Å². The van der Waals surface area contributed by atoms with E-state index in [2.05, 4.69) is 23.4 Å². The van der Waals surface area contributed by atoms with Gasteiger partial charge in [0, 0.05) is 31.9 Å². The van der Waals surface area contributed by atoms with Gasteiger partial charge in [-0.3, -0.25) is 4.68 Å². The van der Waals surface area contributed by atoms with Crippen LogP contribution in [0.15, 0.2) is 6.07 Å². The van der Waals surface area contributed by atoms with Crippen molar-refractivity contribution in [2.75, 3.05) is 20.3 Å². The maximum atomic E-state index is 5.67. The molecule has 0 aliphatic rings. The van der Waals surface area contributed by atoms with Crippen molar-refractivity contribution in [2.24, 2.45) is 0 Å². The lowest BCUT2D eigenvalue weighted by Crippen LogP contribution is -2.43. The van der Waals surface area contributed by atoms with E-state index in [1.54, 1.807) is 0 Å². The summed E-state index contributed by atoms with van der Waals surface area (Å²) in [4.78, 5) is 0. The molecule has 5 heteroatoms. The van der Waals surface area contributed by atoms with Gasteiger partial charge in [0.2, 0.25) is 0 Å². The van der Waals surface area contributed by atoms with Crippen LogP contribution in [0, 0.1) is 6.92 Å². The molecule has 0 saturated carbocycles. The summed E-state index contributed by atoms with van der Waals surface area (Å²) >= 11 is 0. The number of aryl methyl sites for hydroxylation is 2. The zero-order valence-electron chi connectivity index (χ0n) is 12.8. The van der Waals surface area contributed by atoms with E-state index >= 15 is 0 Å². The van der Waals surface area contributed by atoms with Gasteiger partial charge in [0.25, 0.3) is 0 Å². The molecule has 1 rings (SSSR count). The molecular weight excluding hydrogens is 242 g/mol. The topological polar surface area (TPSA) is 48.3 Å². The fourth-order valence-corrected chi connectivity index (χ4v) is 2.21. The summed E-state index contributed by atoms with van der Waals surface area (Å²) in [5, 5.41) is 7.76. The molecule has 1 heterocycles. The second-order valence-corrected chi connectivity index (χ2v) is 4.47. The van der Waals surface area contributed by atoms with Crippen LogP contribution in [0.25, 0.3) is 0 Å². The molecule has 0 amide bonds. The largest absolute Gasteiger partial charge is 0.351 e. The molecule has 0 spiro atoms. The smallest absolute Gasteiger partial charge is 0.173 e. The highest BCUT2D eigenvalue weighted by molar-refractivity contribution is 5.10. The van der Waals surface area contributed by atoms with Crippen LogP contribution in [0.4, 0.5) is 0 Å². The van der Waals surface area contributed by atoms with Crippen LogP contribution >= 0.6 is 0 Å². The summed E-state index contributed by atoms with van der Waals surface area (Å²) in [5.41, 5.74) is 2.26. The van der Waals surface area contributed by atoms with Crippen molar-refractivity contribution in [3.05, 3.63) is 17.5 Å². The molecule has 0 radical (unpaired) electrons. The van der Waals surface area contributed by atoms with Crippen molar-refractivity contribution >= 4 is 0 Å². The molecule has 110 valence electrons. The van der Waals surface area contributed by atoms with Gasteiger partial charge >= 0.3 is 0 Å². The van der Waals surface area contributed by atoms with Gasteiger partial charge in [-0.25, -0.2) is 0 Å². The Bertz CT molecular complexity index is 360. The number of nitrogens with one attached hydrogen (secondary N) is 1. The molecule has 0 aromatic carbocycles. The molecule has 1 aromatic heterocycles. The molecule has 0 aliphatic heterocycles. The molecule has 5 nitrogen and oxygen atoms in total. The first-order valence-corrected chi connectivity index (χ1v) is 7.09. The third-order valence-electron chi connectivity index (χ3n) is 3.08. The maximum Gasteiger partial charge on any atom is 0.173 e. The zero-order chi connectivity index (χ0) is 14.3. The van der Waals surface area contributed by atoms with Crippen LogP contribution < -0.4 is 5.32 Å². The Balaban J connectivity index is 2.78. The fraction of sp³-hybridized carbons (Fsp3) is 0.786. The summed E-state index contributed by atoms with van der Waals surface area (Å²) in [6, 6.07) is 2.25. The predicted molar refractivity (Wildman–Crippen MR) is 76.2 cm³/mol. The van der Waals surface area contributed by atoms with E-state index in [1.807, 2.05) is 32.5 Å². The normalized spacial score (nSPS) is 13.2. The molecular formula is C14H27N3O2.